The van der Waals surface area contributed by atoms with E-state index in [1.165, 1.54) is 0 Å². The lowest BCUT2D eigenvalue weighted by atomic mass is 10.0. The largest absolute Gasteiger partial charge is 0.484 e. The molecule has 0 saturated heterocycles. The molecule has 4 nitrogen and oxygen atoms in total. The summed E-state index contributed by atoms with van der Waals surface area (Å²) in [5.41, 5.74) is 6.61. The fraction of sp³-hybridized carbons (Fsp3) is 0.222. The molecule has 0 atom stereocenters. The molecule has 0 aliphatic carbocycles. The van der Waals surface area contributed by atoms with Gasteiger partial charge in [-0.05, 0) is 44.5 Å². The van der Waals surface area contributed by atoms with Crippen LogP contribution in [0.25, 0.3) is 0 Å². The summed E-state index contributed by atoms with van der Waals surface area (Å²) in [5.74, 6) is 0.376. The average molecular weight is 296 g/mol. The Morgan fingerprint density at radius 1 is 1.14 bits per heavy atom. The molecule has 114 valence electrons. The average Bonchev–Trinajstić information content (AvgIpc) is 2.54. The second-order valence-electron chi connectivity index (χ2n) is 5.15. The second-order valence-corrected chi connectivity index (χ2v) is 5.15. The molecule has 2 aromatic rings. The minimum absolute atomic E-state index is 0.0619. The lowest BCUT2D eigenvalue weighted by molar-refractivity contribution is -0.123. The highest BCUT2D eigenvalue weighted by molar-refractivity contribution is 6.00. The molecule has 1 amide bonds. The molecule has 0 aliphatic heterocycles. The molecule has 0 saturated carbocycles. The van der Waals surface area contributed by atoms with Crippen molar-refractivity contribution in [3.05, 3.63) is 65.2 Å². The van der Waals surface area contributed by atoms with Crippen LogP contribution in [0.15, 0.2) is 53.6 Å². The first-order chi connectivity index (χ1) is 10.6. The van der Waals surface area contributed by atoms with Gasteiger partial charge >= 0.3 is 0 Å². The van der Waals surface area contributed by atoms with Gasteiger partial charge in [-0.25, -0.2) is 5.43 Å². The number of para-hydroxylation sites is 1. The van der Waals surface area contributed by atoms with Gasteiger partial charge in [0, 0.05) is 5.56 Å². The molecule has 0 spiro atoms. The third kappa shape index (κ3) is 4.45. The van der Waals surface area contributed by atoms with Crippen LogP contribution in [-0.4, -0.2) is 18.2 Å². The van der Waals surface area contributed by atoms with Crippen LogP contribution in [0.3, 0.4) is 0 Å². The number of hydrogen-bond donors (Lipinski definition) is 1. The Balaban J connectivity index is 1.93. The van der Waals surface area contributed by atoms with Gasteiger partial charge in [-0.1, -0.05) is 35.9 Å². The molecule has 0 fully saturated rings. The lowest BCUT2D eigenvalue weighted by Gasteiger charge is -2.08. The van der Waals surface area contributed by atoms with Gasteiger partial charge in [0.1, 0.15) is 5.75 Å². The number of carbonyl (C=O) groups is 1. The highest BCUT2D eigenvalue weighted by Gasteiger charge is 2.05. The molecule has 0 aliphatic rings. The van der Waals surface area contributed by atoms with Gasteiger partial charge in [-0.15, -0.1) is 0 Å². The molecule has 0 bridgehead atoms. The topological polar surface area (TPSA) is 50.7 Å². The molecule has 22 heavy (non-hydrogen) atoms. The van der Waals surface area contributed by atoms with E-state index in [1.54, 1.807) is 12.1 Å². The maximum atomic E-state index is 11.8. The van der Waals surface area contributed by atoms with E-state index in [2.05, 4.69) is 22.7 Å². The fourth-order valence-electron chi connectivity index (χ4n) is 2.03. The van der Waals surface area contributed by atoms with Crippen LogP contribution in [-0.2, 0) is 4.79 Å². The molecular weight excluding hydrogens is 276 g/mol. The molecule has 1 N–H and O–H groups in total. The summed E-state index contributed by atoms with van der Waals surface area (Å²) in [6.45, 7) is 5.87. The first-order valence-corrected chi connectivity index (χ1v) is 7.15. The van der Waals surface area contributed by atoms with Gasteiger partial charge in [0.15, 0.2) is 6.61 Å². The van der Waals surface area contributed by atoms with Gasteiger partial charge < -0.3 is 4.74 Å². The molecular formula is C18H20N2O2. The zero-order valence-corrected chi connectivity index (χ0v) is 13.1. The number of amides is 1. The van der Waals surface area contributed by atoms with Crippen molar-refractivity contribution in [1.82, 2.24) is 5.43 Å². The van der Waals surface area contributed by atoms with Gasteiger partial charge in [-0.3, -0.25) is 4.79 Å². The number of ether oxygens (including phenoxy) is 1. The van der Waals surface area contributed by atoms with Gasteiger partial charge in [0.25, 0.3) is 5.91 Å². The van der Waals surface area contributed by atoms with Gasteiger partial charge in [-0.2, -0.15) is 5.10 Å². The lowest BCUT2D eigenvalue weighted by Crippen LogP contribution is -2.25. The molecule has 0 radical (unpaired) electrons. The minimum atomic E-state index is -0.284. The Morgan fingerprint density at radius 2 is 1.86 bits per heavy atom. The number of benzene rings is 2. The van der Waals surface area contributed by atoms with E-state index in [-0.39, 0.29) is 12.5 Å². The zero-order chi connectivity index (χ0) is 15.9. The van der Waals surface area contributed by atoms with Crippen molar-refractivity contribution in [1.29, 1.82) is 0 Å². The first kappa shape index (κ1) is 15.8. The van der Waals surface area contributed by atoms with Crippen molar-refractivity contribution in [2.24, 2.45) is 5.10 Å². The van der Waals surface area contributed by atoms with Crippen molar-refractivity contribution in [2.45, 2.75) is 20.8 Å². The normalized spacial score (nSPS) is 11.1. The maximum Gasteiger partial charge on any atom is 0.277 e. The number of hydrogen-bond acceptors (Lipinski definition) is 3. The Hall–Kier alpha value is -2.62. The van der Waals surface area contributed by atoms with E-state index < -0.39 is 0 Å². The van der Waals surface area contributed by atoms with Crippen LogP contribution in [0.5, 0.6) is 5.75 Å². The van der Waals surface area contributed by atoms with Crippen LogP contribution in [0.1, 0.15) is 23.6 Å². The van der Waals surface area contributed by atoms with Crippen LogP contribution in [0.4, 0.5) is 0 Å². The Morgan fingerprint density at radius 3 is 2.59 bits per heavy atom. The number of nitrogens with one attached hydrogen (secondary N) is 1. The van der Waals surface area contributed by atoms with Crippen molar-refractivity contribution in [3.63, 3.8) is 0 Å². The van der Waals surface area contributed by atoms with E-state index in [1.807, 2.05) is 45.0 Å². The first-order valence-electron chi connectivity index (χ1n) is 7.15. The van der Waals surface area contributed by atoms with Gasteiger partial charge in [0.05, 0.1) is 5.71 Å². The number of rotatable bonds is 5. The summed E-state index contributed by atoms with van der Waals surface area (Å²) in [4.78, 5) is 11.8. The highest BCUT2D eigenvalue weighted by Crippen LogP contribution is 2.11. The number of nitrogens with zero attached hydrogens (tertiary/aromatic N) is 1. The summed E-state index contributed by atoms with van der Waals surface area (Å²) in [7, 11) is 0. The van der Waals surface area contributed by atoms with Crippen LogP contribution in [0.2, 0.25) is 0 Å². The summed E-state index contributed by atoms with van der Waals surface area (Å²) >= 11 is 0. The zero-order valence-electron chi connectivity index (χ0n) is 13.1. The smallest absolute Gasteiger partial charge is 0.277 e. The monoisotopic (exact) mass is 296 g/mol. The summed E-state index contributed by atoms with van der Waals surface area (Å²) < 4.78 is 5.37. The standard InChI is InChI=1S/C18H20N2O2/c1-13-9-10-14(2)17(11-13)15(3)19-20-18(21)12-22-16-7-5-4-6-8-16/h4-11H,12H2,1-3H3,(H,20,21)/b19-15-. The number of carbonyl (C=O) groups excluding carboxylic acids is 1. The molecule has 0 unspecified atom stereocenters. The van der Waals surface area contributed by atoms with E-state index in [4.69, 9.17) is 4.74 Å². The van der Waals surface area contributed by atoms with E-state index in [0.717, 1.165) is 22.4 Å². The van der Waals surface area contributed by atoms with Gasteiger partial charge in [0.2, 0.25) is 0 Å². The van der Waals surface area contributed by atoms with E-state index in [0.29, 0.717) is 5.75 Å². The van der Waals surface area contributed by atoms with Crippen molar-refractivity contribution in [2.75, 3.05) is 6.61 Å². The predicted molar refractivity (Wildman–Crippen MR) is 88.2 cm³/mol. The predicted octanol–water partition coefficient (Wildman–Crippen LogP) is 3.22. The third-order valence-corrected chi connectivity index (χ3v) is 3.24. The maximum absolute atomic E-state index is 11.8. The highest BCUT2D eigenvalue weighted by atomic mass is 16.5. The number of hydrazone groups is 1. The van der Waals surface area contributed by atoms with Crippen LogP contribution in [0, 0.1) is 13.8 Å². The summed E-state index contributed by atoms with van der Waals surface area (Å²) in [6, 6.07) is 15.4. The van der Waals surface area contributed by atoms with Crippen molar-refractivity contribution >= 4 is 11.6 Å². The van der Waals surface area contributed by atoms with Crippen LogP contribution >= 0.6 is 0 Å². The van der Waals surface area contributed by atoms with Crippen LogP contribution < -0.4 is 10.2 Å². The second kappa shape index (κ2) is 7.41. The van der Waals surface area contributed by atoms with Crippen molar-refractivity contribution in [3.8, 4) is 5.75 Å². The number of aryl methyl sites for hydroxylation is 2. The molecule has 0 aromatic heterocycles. The molecule has 4 heteroatoms. The molecule has 0 heterocycles. The Labute approximate surface area is 130 Å². The van der Waals surface area contributed by atoms with E-state index >= 15 is 0 Å². The minimum Gasteiger partial charge on any atom is -0.484 e. The molecule has 2 aromatic carbocycles. The van der Waals surface area contributed by atoms with Crippen molar-refractivity contribution < 1.29 is 9.53 Å². The fourth-order valence-corrected chi connectivity index (χ4v) is 2.03. The quantitative estimate of drug-likeness (QED) is 0.680. The summed E-state index contributed by atoms with van der Waals surface area (Å²) in [5, 5.41) is 4.15. The Kier molecular flexibility index (Phi) is 5.31. The van der Waals surface area contributed by atoms with E-state index in [9.17, 15) is 4.79 Å². The Bertz CT molecular complexity index is 679. The summed E-state index contributed by atoms with van der Waals surface area (Å²) in [6.07, 6.45) is 0. The molecule has 2 rings (SSSR count). The SMILES string of the molecule is C/C(=N/NC(=O)COc1ccccc1)c1cc(C)ccc1C. The third-order valence-electron chi connectivity index (χ3n) is 3.24.